The minimum absolute atomic E-state index is 0.485. The number of nitrogens with one attached hydrogen (secondary N) is 1. The Hall–Kier alpha value is -1.00. The van der Waals surface area contributed by atoms with Gasteiger partial charge in [-0.25, -0.2) is 0 Å². The number of methoxy groups -OCH3 is 1. The van der Waals surface area contributed by atoms with Gasteiger partial charge >= 0.3 is 0 Å². The first kappa shape index (κ1) is 14.9. The highest BCUT2D eigenvalue weighted by Gasteiger charge is 2.18. The molecule has 0 saturated heterocycles. The number of ether oxygens (including phenoxy) is 1. The molecule has 0 saturated carbocycles. The van der Waals surface area contributed by atoms with Crippen LogP contribution in [-0.2, 0) is 12.8 Å². The third kappa shape index (κ3) is 3.43. The number of hydrogen-bond acceptors (Lipinski definition) is 2. The molecule has 1 atom stereocenters. The number of rotatable bonds is 3. The van der Waals surface area contributed by atoms with E-state index in [-0.39, 0.29) is 0 Å². The van der Waals surface area contributed by atoms with Gasteiger partial charge in [-0.15, -0.1) is 0 Å². The lowest BCUT2D eigenvalue weighted by Gasteiger charge is -2.26. The fourth-order valence-corrected chi connectivity index (χ4v) is 3.79. The highest BCUT2D eigenvalue weighted by Crippen LogP contribution is 2.30. The van der Waals surface area contributed by atoms with E-state index < -0.39 is 0 Å². The number of fused-ring (bicyclic) bond motifs is 1. The molecule has 2 aromatic rings. The maximum atomic E-state index is 5.27. The van der Waals surface area contributed by atoms with Crippen molar-refractivity contribution >= 4 is 37.5 Å². The summed E-state index contributed by atoms with van der Waals surface area (Å²) >= 11 is 7.08. The summed E-state index contributed by atoms with van der Waals surface area (Å²) in [6.07, 6.45) is 3.36. The van der Waals surface area contributed by atoms with Crippen LogP contribution in [0.1, 0.15) is 17.5 Å². The Balaban J connectivity index is 1.72. The average Bonchev–Trinajstić information content (AvgIpc) is 2.48. The van der Waals surface area contributed by atoms with Crippen molar-refractivity contribution in [3.05, 3.63) is 56.5 Å². The van der Waals surface area contributed by atoms with Gasteiger partial charge in [0, 0.05) is 16.2 Å². The zero-order valence-corrected chi connectivity index (χ0v) is 15.0. The Labute approximate surface area is 142 Å². The summed E-state index contributed by atoms with van der Waals surface area (Å²) in [5.74, 6) is 0.861. The summed E-state index contributed by atoms with van der Waals surface area (Å²) in [4.78, 5) is 0. The van der Waals surface area contributed by atoms with E-state index in [1.54, 1.807) is 7.11 Å². The molecule has 0 fully saturated rings. The third-order valence-corrected chi connectivity index (χ3v) is 5.03. The largest absolute Gasteiger partial charge is 0.496 e. The van der Waals surface area contributed by atoms with Crippen molar-refractivity contribution in [1.82, 2.24) is 0 Å². The monoisotopic (exact) mass is 409 g/mol. The molecule has 1 aliphatic carbocycles. The standard InChI is InChI=1S/C17H17Br2NO/c1-21-17-7-6-15(10-16(17)19)20-14-5-3-11-8-13(18)4-2-12(11)9-14/h2,4,6-8,10,14,20H,3,5,9H2,1H3. The summed E-state index contributed by atoms with van der Waals surface area (Å²) < 4.78 is 7.42. The van der Waals surface area contributed by atoms with Crippen molar-refractivity contribution in [2.75, 3.05) is 12.4 Å². The molecule has 1 unspecified atom stereocenters. The normalized spacial score (nSPS) is 17.2. The van der Waals surface area contributed by atoms with Gasteiger partial charge < -0.3 is 10.1 Å². The minimum atomic E-state index is 0.485. The van der Waals surface area contributed by atoms with Crippen LogP contribution in [0.15, 0.2) is 45.3 Å². The fourth-order valence-electron chi connectivity index (χ4n) is 2.84. The topological polar surface area (TPSA) is 21.3 Å². The van der Waals surface area contributed by atoms with Crippen LogP contribution in [0, 0.1) is 0 Å². The minimum Gasteiger partial charge on any atom is -0.496 e. The second-order valence-electron chi connectivity index (χ2n) is 5.35. The van der Waals surface area contributed by atoms with Crippen LogP contribution in [0.4, 0.5) is 5.69 Å². The number of hydrogen-bond donors (Lipinski definition) is 1. The van der Waals surface area contributed by atoms with Gasteiger partial charge in [-0.3, -0.25) is 0 Å². The lowest BCUT2D eigenvalue weighted by Crippen LogP contribution is -2.27. The maximum Gasteiger partial charge on any atom is 0.133 e. The Morgan fingerprint density at radius 3 is 2.71 bits per heavy atom. The molecule has 0 amide bonds. The lowest BCUT2D eigenvalue weighted by molar-refractivity contribution is 0.412. The van der Waals surface area contributed by atoms with E-state index in [0.29, 0.717) is 6.04 Å². The van der Waals surface area contributed by atoms with Crippen LogP contribution in [-0.4, -0.2) is 13.2 Å². The lowest BCUT2D eigenvalue weighted by atomic mass is 9.88. The fraction of sp³-hybridized carbons (Fsp3) is 0.294. The van der Waals surface area contributed by atoms with Crippen LogP contribution in [0.5, 0.6) is 5.75 Å². The molecule has 2 nitrogen and oxygen atoms in total. The first-order valence-electron chi connectivity index (χ1n) is 7.03. The number of benzene rings is 2. The van der Waals surface area contributed by atoms with Gasteiger partial charge in [-0.05, 0) is 76.7 Å². The van der Waals surface area contributed by atoms with Crippen LogP contribution >= 0.6 is 31.9 Å². The molecule has 0 radical (unpaired) electrons. The van der Waals surface area contributed by atoms with Crippen molar-refractivity contribution < 1.29 is 4.74 Å². The van der Waals surface area contributed by atoms with Gasteiger partial charge in [-0.2, -0.15) is 0 Å². The summed E-state index contributed by atoms with van der Waals surface area (Å²) in [5.41, 5.74) is 4.06. The molecule has 0 aliphatic heterocycles. The number of aryl methyl sites for hydroxylation is 1. The highest BCUT2D eigenvalue weighted by atomic mass is 79.9. The predicted molar refractivity (Wildman–Crippen MR) is 94.3 cm³/mol. The number of halogens is 2. The molecular weight excluding hydrogens is 394 g/mol. The van der Waals surface area contributed by atoms with Crippen LogP contribution in [0.3, 0.4) is 0 Å². The van der Waals surface area contributed by atoms with Crippen molar-refractivity contribution in [1.29, 1.82) is 0 Å². The van der Waals surface area contributed by atoms with Gasteiger partial charge in [0.1, 0.15) is 5.75 Å². The molecule has 0 aromatic heterocycles. The number of anilines is 1. The van der Waals surface area contributed by atoms with Crippen molar-refractivity contribution in [2.24, 2.45) is 0 Å². The first-order chi connectivity index (χ1) is 10.2. The van der Waals surface area contributed by atoms with Crippen molar-refractivity contribution in [3.63, 3.8) is 0 Å². The van der Waals surface area contributed by atoms with Crippen LogP contribution in [0.25, 0.3) is 0 Å². The van der Waals surface area contributed by atoms with Crippen LogP contribution in [0.2, 0.25) is 0 Å². The van der Waals surface area contributed by atoms with E-state index in [2.05, 4.69) is 67.5 Å². The molecule has 4 heteroatoms. The van der Waals surface area contributed by atoms with Gasteiger partial charge in [-0.1, -0.05) is 22.0 Å². The SMILES string of the molecule is COc1ccc(NC2CCc3cc(Br)ccc3C2)cc1Br. The quantitative estimate of drug-likeness (QED) is 0.751. The zero-order valence-electron chi connectivity index (χ0n) is 11.8. The van der Waals surface area contributed by atoms with Gasteiger partial charge in [0.2, 0.25) is 0 Å². The molecule has 2 aromatic carbocycles. The molecule has 1 N–H and O–H groups in total. The van der Waals surface area contributed by atoms with E-state index in [1.165, 1.54) is 15.6 Å². The molecule has 110 valence electrons. The smallest absolute Gasteiger partial charge is 0.133 e. The molecule has 21 heavy (non-hydrogen) atoms. The molecule has 0 bridgehead atoms. The van der Waals surface area contributed by atoms with Gasteiger partial charge in [0.05, 0.1) is 11.6 Å². The van der Waals surface area contributed by atoms with E-state index in [4.69, 9.17) is 4.74 Å². The Morgan fingerprint density at radius 1 is 1.10 bits per heavy atom. The van der Waals surface area contributed by atoms with E-state index in [9.17, 15) is 0 Å². The molecule has 3 rings (SSSR count). The predicted octanol–water partition coefficient (Wildman–Crippen LogP) is 5.19. The van der Waals surface area contributed by atoms with E-state index in [0.717, 1.165) is 35.2 Å². The maximum absolute atomic E-state index is 5.27. The van der Waals surface area contributed by atoms with Gasteiger partial charge in [0.25, 0.3) is 0 Å². The highest BCUT2D eigenvalue weighted by molar-refractivity contribution is 9.10. The summed E-state index contributed by atoms with van der Waals surface area (Å²) in [5, 5.41) is 3.63. The Morgan fingerprint density at radius 2 is 1.95 bits per heavy atom. The second kappa shape index (κ2) is 6.41. The second-order valence-corrected chi connectivity index (χ2v) is 7.12. The summed E-state index contributed by atoms with van der Waals surface area (Å²) in [6.45, 7) is 0. The molecule has 0 spiro atoms. The van der Waals surface area contributed by atoms with Crippen LogP contribution < -0.4 is 10.1 Å². The molecule has 1 aliphatic rings. The third-order valence-electron chi connectivity index (χ3n) is 3.92. The zero-order chi connectivity index (χ0) is 14.8. The Bertz CT molecular complexity index is 657. The average molecular weight is 411 g/mol. The summed E-state index contributed by atoms with van der Waals surface area (Å²) in [7, 11) is 1.68. The van der Waals surface area contributed by atoms with Crippen molar-refractivity contribution in [2.45, 2.75) is 25.3 Å². The van der Waals surface area contributed by atoms with E-state index in [1.807, 2.05) is 6.07 Å². The Kier molecular flexibility index (Phi) is 4.55. The van der Waals surface area contributed by atoms with E-state index >= 15 is 0 Å². The summed E-state index contributed by atoms with van der Waals surface area (Å²) in [6, 6.07) is 13.2. The van der Waals surface area contributed by atoms with Crippen molar-refractivity contribution in [3.8, 4) is 5.75 Å². The first-order valence-corrected chi connectivity index (χ1v) is 8.61. The van der Waals surface area contributed by atoms with Gasteiger partial charge in [0.15, 0.2) is 0 Å². The molecule has 0 heterocycles. The molecular formula is C17H17Br2NO.